The summed E-state index contributed by atoms with van der Waals surface area (Å²) in [5, 5.41) is 0. The van der Waals surface area contributed by atoms with Gasteiger partial charge < -0.3 is 8.85 Å². The Morgan fingerprint density at radius 1 is 1.00 bits per heavy atom. The smallest absolute Gasteiger partial charge is 0.174 e. The van der Waals surface area contributed by atoms with Gasteiger partial charge in [-0.2, -0.15) is 0 Å². The van der Waals surface area contributed by atoms with E-state index in [1.165, 1.54) is 0 Å². The predicted molar refractivity (Wildman–Crippen MR) is 31.1 cm³/mol. The first-order valence-corrected chi connectivity index (χ1v) is 7.05. The molecule has 0 N–H and O–H groups in total. The van der Waals surface area contributed by atoms with Gasteiger partial charge in [-0.1, -0.05) is 0 Å². The van der Waals surface area contributed by atoms with Gasteiger partial charge in [-0.3, -0.25) is 0 Å². The van der Waals surface area contributed by atoms with Gasteiger partial charge in [-0.15, -0.1) is 0 Å². The summed E-state index contributed by atoms with van der Waals surface area (Å²) in [4.78, 5) is 0. The summed E-state index contributed by atoms with van der Waals surface area (Å²) in [5.74, 6) is 0. The van der Waals surface area contributed by atoms with Crippen molar-refractivity contribution >= 4 is 18.6 Å². The minimum atomic E-state index is -0.162. The highest BCUT2D eigenvalue weighted by molar-refractivity contribution is 6.93. The van der Waals surface area contributed by atoms with E-state index in [9.17, 15) is 0 Å². The van der Waals surface area contributed by atoms with E-state index in [0.29, 0.717) is 0 Å². The van der Waals surface area contributed by atoms with Crippen LogP contribution in [0.3, 0.4) is 0 Å². The second-order valence-electron chi connectivity index (χ2n) is 0.986. The third-order valence-electron chi connectivity index (χ3n) is 0.492. The second kappa shape index (κ2) is 5.35. The molecule has 0 unspecified atom stereocenters. The molecule has 0 atom stereocenters. The maximum absolute atomic E-state index is 4.86. The van der Waals surface area contributed by atoms with Crippen LogP contribution in [0.25, 0.3) is 0 Å². The molecule has 0 aliphatic rings. The fourth-order valence-corrected chi connectivity index (χ4v) is 1.50. The first kappa shape index (κ1) is 6.35. The summed E-state index contributed by atoms with van der Waals surface area (Å²) < 4.78 is 9.72. The normalized spacial score (nSPS) is 13.0. The molecule has 0 saturated carbocycles. The third-order valence-corrected chi connectivity index (χ3v) is 4.42. The van der Waals surface area contributed by atoms with Gasteiger partial charge in [0.1, 0.15) is 0 Å². The second-order valence-corrected chi connectivity index (χ2v) is 5.41. The van der Waals surface area contributed by atoms with Gasteiger partial charge >= 0.3 is 0 Å². The van der Waals surface area contributed by atoms with E-state index in [0.717, 1.165) is 0 Å². The molecule has 0 aliphatic carbocycles. The van der Waals surface area contributed by atoms with Crippen LogP contribution in [0.2, 0.25) is 0 Å². The Labute approximate surface area is 42.5 Å². The molecule has 38 valence electrons. The standard InChI is InChI=1S/C2H10O2Si2/c1-3-5-6-4-2/h5-6H2,1-2H3. The first-order chi connectivity index (χ1) is 2.91. The Morgan fingerprint density at radius 2 is 1.33 bits per heavy atom. The van der Waals surface area contributed by atoms with Crippen molar-refractivity contribution in [2.75, 3.05) is 14.2 Å². The van der Waals surface area contributed by atoms with Crippen LogP contribution in [0.5, 0.6) is 0 Å². The molecule has 0 amide bonds. The predicted octanol–water partition coefficient (Wildman–Crippen LogP) is -1.64. The Balaban J connectivity index is 2.34. The lowest BCUT2D eigenvalue weighted by molar-refractivity contribution is 0.425. The van der Waals surface area contributed by atoms with E-state index in [4.69, 9.17) is 8.85 Å². The Kier molecular flexibility index (Phi) is 5.67. The molecule has 0 aliphatic heterocycles. The lowest BCUT2D eigenvalue weighted by atomic mass is 11.8. The summed E-state index contributed by atoms with van der Waals surface area (Å²) in [7, 11) is 3.17. The average molecular weight is 122 g/mol. The number of hydrogen-bond donors (Lipinski definition) is 0. The van der Waals surface area contributed by atoms with E-state index in [-0.39, 0.29) is 18.6 Å². The minimum absolute atomic E-state index is 0.162. The van der Waals surface area contributed by atoms with Gasteiger partial charge in [0.2, 0.25) is 0 Å². The Hall–Kier alpha value is 0.354. The highest BCUT2D eigenvalue weighted by Gasteiger charge is 1.78. The zero-order valence-electron chi connectivity index (χ0n) is 4.23. The SMILES string of the molecule is CO[SiH2][SiH2]OC. The molecule has 0 aromatic rings. The van der Waals surface area contributed by atoms with Crippen molar-refractivity contribution in [1.82, 2.24) is 0 Å². The minimum Gasteiger partial charge on any atom is -0.428 e. The van der Waals surface area contributed by atoms with Crippen LogP contribution in [0.4, 0.5) is 0 Å². The Morgan fingerprint density at radius 3 is 1.50 bits per heavy atom. The molecule has 0 aromatic carbocycles. The molecular formula is C2H10O2Si2. The maximum atomic E-state index is 4.86. The van der Waals surface area contributed by atoms with Crippen LogP contribution in [-0.2, 0) is 8.85 Å². The molecule has 0 rings (SSSR count). The first-order valence-electron chi connectivity index (χ1n) is 1.89. The van der Waals surface area contributed by atoms with Crippen molar-refractivity contribution < 1.29 is 8.85 Å². The fourth-order valence-electron chi connectivity index (χ4n) is 0.167. The van der Waals surface area contributed by atoms with Crippen LogP contribution < -0.4 is 0 Å². The molecule has 0 fully saturated rings. The highest BCUT2D eigenvalue weighted by atomic mass is 29.2. The summed E-state index contributed by atoms with van der Waals surface area (Å²) in [5.41, 5.74) is 0. The summed E-state index contributed by atoms with van der Waals surface area (Å²) in [6.45, 7) is 0. The van der Waals surface area contributed by atoms with Crippen molar-refractivity contribution in [2.45, 2.75) is 0 Å². The fraction of sp³-hybridized carbons (Fsp3) is 1.00. The van der Waals surface area contributed by atoms with E-state index >= 15 is 0 Å². The number of rotatable bonds is 3. The molecule has 2 nitrogen and oxygen atoms in total. The molecule has 0 saturated heterocycles. The molecule has 0 bridgehead atoms. The van der Waals surface area contributed by atoms with Crippen LogP contribution in [0, 0.1) is 0 Å². The maximum Gasteiger partial charge on any atom is 0.174 e. The molecule has 4 heteroatoms. The van der Waals surface area contributed by atoms with Crippen molar-refractivity contribution in [2.24, 2.45) is 0 Å². The van der Waals surface area contributed by atoms with E-state index in [1.807, 2.05) is 0 Å². The summed E-state index contributed by atoms with van der Waals surface area (Å²) in [6, 6.07) is 0. The van der Waals surface area contributed by atoms with E-state index < -0.39 is 0 Å². The quantitative estimate of drug-likeness (QED) is 0.330. The molecule has 0 spiro atoms. The molecule has 0 heterocycles. The number of hydrogen-bond acceptors (Lipinski definition) is 2. The van der Waals surface area contributed by atoms with Gasteiger partial charge in [0.25, 0.3) is 0 Å². The lowest BCUT2D eigenvalue weighted by Crippen LogP contribution is -2.06. The monoisotopic (exact) mass is 122 g/mol. The van der Waals surface area contributed by atoms with Gasteiger partial charge in [0, 0.05) is 14.2 Å². The van der Waals surface area contributed by atoms with Gasteiger partial charge in [0.15, 0.2) is 18.6 Å². The zero-order chi connectivity index (χ0) is 4.83. The van der Waals surface area contributed by atoms with Gasteiger partial charge in [-0.05, 0) is 0 Å². The van der Waals surface area contributed by atoms with Crippen molar-refractivity contribution in [3.8, 4) is 0 Å². The zero-order valence-corrected chi connectivity index (χ0v) is 7.06. The average Bonchev–Trinajstić information content (AvgIpc) is 1.61. The van der Waals surface area contributed by atoms with Crippen LogP contribution in [0.15, 0.2) is 0 Å². The molecule has 6 heavy (non-hydrogen) atoms. The third kappa shape index (κ3) is 4.35. The summed E-state index contributed by atoms with van der Waals surface area (Å²) in [6.07, 6.45) is 0. The molecule has 0 aromatic heterocycles. The van der Waals surface area contributed by atoms with Gasteiger partial charge in [-0.25, -0.2) is 0 Å². The molecule has 0 radical (unpaired) electrons. The van der Waals surface area contributed by atoms with Crippen molar-refractivity contribution in [1.29, 1.82) is 0 Å². The van der Waals surface area contributed by atoms with E-state index in [1.54, 1.807) is 14.2 Å². The Bertz CT molecular complexity index is 21.5. The highest BCUT2D eigenvalue weighted by Crippen LogP contribution is 1.56. The van der Waals surface area contributed by atoms with Gasteiger partial charge in [0.05, 0.1) is 0 Å². The van der Waals surface area contributed by atoms with E-state index in [2.05, 4.69) is 0 Å². The van der Waals surface area contributed by atoms with Crippen LogP contribution in [0.1, 0.15) is 0 Å². The topological polar surface area (TPSA) is 18.5 Å². The summed E-state index contributed by atoms with van der Waals surface area (Å²) >= 11 is 0. The van der Waals surface area contributed by atoms with Crippen molar-refractivity contribution in [3.05, 3.63) is 0 Å². The van der Waals surface area contributed by atoms with Crippen LogP contribution in [-0.4, -0.2) is 32.8 Å². The van der Waals surface area contributed by atoms with Crippen molar-refractivity contribution in [3.63, 3.8) is 0 Å². The largest absolute Gasteiger partial charge is 0.428 e. The lowest BCUT2D eigenvalue weighted by Gasteiger charge is -1.89. The molecular weight excluding hydrogens is 112 g/mol. The van der Waals surface area contributed by atoms with Crippen LogP contribution >= 0.6 is 0 Å².